The smallest absolute Gasteiger partial charge is 0.338 e. The first kappa shape index (κ1) is 16.2. The molecule has 0 aliphatic carbocycles. The fourth-order valence-electron chi connectivity index (χ4n) is 1.83. The molecule has 1 heterocycles. The highest BCUT2D eigenvalue weighted by molar-refractivity contribution is 9.10. The van der Waals surface area contributed by atoms with Crippen LogP contribution in [-0.4, -0.2) is 29.6 Å². The number of carbonyl (C=O) groups is 1. The zero-order chi connectivity index (χ0) is 15.9. The molecule has 0 aliphatic heterocycles. The number of carbonyl (C=O) groups excluding carboxylic acids is 1. The van der Waals surface area contributed by atoms with E-state index >= 15 is 0 Å². The Morgan fingerprint density at radius 3 is 2.95 bits per heavy atom. The van der Waals surface area contributed by atoms with Gasteiger partial charge in [-0.3, -0.25) is 0 Å². The van der Waals surface area contributed by atoms with Crippen LogP contribution in [0.5, 0.6) is 0 Å². The maximum absolute atomic E-state index is 11.7. The summed E-state index contributed by atoms with van der Waals surface area (Å²) < 4.78 is 5.79. The van der Waals surface area contributed by atoms with E-state index < -0.39 is 0 Å². The first-order chi connectivity index (χ1) is 10.6. The van der Waals surface area contributed by atoms with Crippen molar-refractivity contribution < 1.29 is 9.53 Å². The Hall–Kier alpha value is -2.15. The van der Waals surface area contributed by atoms with E-state index in [0.717, 1.165) is 10.0 Å². The van der Waals surface area contributed by atoms with Crippen molar-refractivity contribution in [1.82, 2.24) is 9.97 Å². The molecule has 0 saturated heterocycles. The second-order valence-electron chi connectivity index (χ2n) is 4.41. The van der Waals surface area contributed by atoms with Crippen LogP contribution in [0.3, 0.4) is 0 Å². The van der Waals surface area contributed by atoms with Crippen molar-refractivity contribution in [3.8, 4) is 0 Å². The van der Waals surface area contributed by atoms with Gasteiger partial charge in [0, 0.05) is 19.8 Å². The Morgan fingerprint density at radius 1 is 1.41 bits per heavy atom. The molecule has 0 amide bonds. The molecule has 22 heavy (non-hydrogen) atoms. The maximum Gasteiger partial charge on any atom is 0.338 e. The van der Waals surface area contributed by atoms with Crippen LogP contribution in [0.25, 0.3) is 0 Å². The average molecular weight is 365 g/mol. The molecule has 0 bridgehead atoms. The maximum atomic E-state index is 11.7. The lowest BCUT2D eigenvalue weighted by atomic mass is 10.1. The van der Waals surface area contributed by atoms with Crippen molar-refractivity contribution in [1.29, 1.82) is 0 Å². The normalized spacial score (nSPS) is 10.1. The average Bonchev–Trinajstić information content (AvgIpc) is 2.54. The monoisotopic (exact) mass is 364 g/mol. The van der Waals surface area contributed by atoms with Crippen LogP contribution in [-0.2, 0) is 11.3 Å². The Balaban J connectivity index is 2.05. The van der Waals surface area contributed by atoms with E-state index in [1.807, 2.05) is 12.1 Å². The highest BCUT2D eigenvalue weighted by atomic mass is 79.9. The largest absolute Gasteiger partial charge is 0.462 e. The number of hydrogen-bond donors (Lipinski definition) is 2. The third-order valence-corrected chi connectivity index (χ3v) is 3.45. The van der Waals surface area contributed by atoms with E-state index in [-0.39, 0.29) is 5.97 Å². The molecule has 6 nitrogen and oxygen atoms in total. The van der Waals surface area contributed by atoms with Gasteiger partial charge >= 0.3 is 5.97 Å². The number of aromatic nitrogens is 2. The molecule has 2 rings (SSSR count). The summed E-state index contributed by atoms with van der Waals surface area (Å²) in [5.74, 6) is 0.897. The fourth-order valence-corrected chi connectivity index (χ4v) is 2.22. The van der Waals surface area contributed by atoms with Crippen LogP contribution >= 0.6 is 15.9 Å². The van der Waals surface area contributed by atoms with Crippen LogP contribution in [0.4, 0.5) is 11.8 Å². The molecule has 0 radical (unpaired) electrons. The van der Waals surface area contributed by atoms with Crippen molar-refractivity contribution in [2.24, 2.45) is 0 Å². The van der Waals surface area contributed by atoms with Gasteiger partial charge in [0.25, 0.3) is 0 Å². The summed E-state index contributed by atoms with van der Waals surface area (Å²) in [6, 6.07) is 7.28. The van der Waals surface area contributed by atoms with Crippen LogP contribution in [0.2, 0.25) is 0 Å². The summed E-state index contributed by atoms with van der Waals surface area (Å²) in [4.78, 5) is 20.2. The van der Waals surface area contributed by atoms with Crippen LogP contribution in [0.15, 0.2) is 34.9 Å². The lowest BCUT2D eigenvalue weighted by Crippen LogP contribution is -2.08. The molecule has 0 unspecified atom stereocenters. The summed E-state index contributed by atoms with van der Waals surface area (Å²) in [6.45, 7) is 2.66. The number of rotatable bonds is 6. The minimum Gasteiger partial charge on any atom is -0.462 e. The fraction of sp³-hybridized carbons (Fsp3) is 0.267. The SMILES string of the molecule is CCOC(=O)c1cccc(CNc2ncc(Br)c(NC)n2)c1. The highest BCUT2D eigenvalue weighted by Crippen LogP contribution is 2.19. The predicted molar refractivity (Wildman–Crippen MR) is 89.0 cm³/mol. The number of hydrogen-bond acceptors (Lipinski definition) is 6. The quantitative estimate of drug-likeness (QED) is 0.767. The van der Waals surface area contributed by atoms with Crippen molar-refractivity contribution in [3.63, 3.8) is 0 Å². The first-order valence-electron chi connectivity index (χ1n) is 6.84. The standard InChI is InChI=1S/C15H17BrN4O2/c1-3-22-14(21)11-6-4-5-10(7-11)8-18-15-19-9-12(16)13(17-2)20-15/h4-7,9H,3,8H2,1-2H3,(H2,17,18,19,20). The van der Waals surface area contributed by atoms with E-state index in [1.165, 1.54) is 0 Å². The second-order valence-corrected chi connectivity index (χ2v) is 5.27. The van der Waals surface area contributed by atoms with Crippen molar-refractivity contribution in [2.45, 2.75) is 13.5 Å². The lowest BCUT2D eigenvalue weighted by molar-refractivity contribution is 0.0526. The van der Waals surface area contributed by atoms with Crippen LogP contribution < -0.4 is 10.6 Å². The molecule has 2 N–H and O–H groups in total. The van der Waals surface area contributed by atoms with Gasteiger partial charge in [-0.15, -0.1) is 0 Å². The summed E-state index contributed by atoms with van der Waals surface area (Å²) in [6.07, 6.45) is 1.68. The van der Waals surface area contributed by atoms with Gasteiger partial charge in [-0.1, -0.05) is 12.1 Å². The highest BCUT2D eigenvalue weighted by Gasteiger charge is 2.07. The minimum absolute atomic E-state index is 0.318. The third kappa shape index (κ3) is 4.17. The van der Waals surface area contributed by atoms with E-state index in [9.17, 15) is 4.79 Å². The minimum atomic E-state index is -0.318. The van der Waals surface area contributed by atoms with Crippen molar-refractivity contribution >= 4 is 33.7 Å². The molecular weight excluding hydrogens is 348 g/mol. The summed E-state index contributed by atoms with van der Waals surface area (Å²) >= 11 is 3.36. The van der Waals surface area contributed by atoms with E-state index in [0.29, 0.717) is 30.5 Å². The molecule has 0 saturated carbocycles. The van der Waals surface area contributed by atoms with Gasteiger partial charge in [0.15, 0.2) is 0 Å². The molecule has 2 aromatic rings. The lowest BCUT2D eigenvalue weighted by Gasteiger charge is -2.09. The number of anilines is 2. The molecular formula is C15H17BrN4O2. The molecule has 0 fully saturated rings. The third-order valence-electron chi connectivity index (χ3n) is 2.87. The van der Waals surface area contributed by atoms with Gasteiger partial charge < -0.3 is 15.4 Å². The Kier molecular flexibility index (Phi) is 5.71. The molecule has 1 aromatic heterocycles. The van der Waals surface area contributed by atoms with Crippen molar-refractivity contribution in [3.05, 3.63) is 46.1 Å². The first-order valence-corrected chi connectivity index (χ1v) is 7.63. The molecule has 7 heteroatoms. The Morgan fingerprint density at radius 2 is 2.23 bits per heavy atom. The molecule has 0 atom stereocenters. The van der Waals surface area contributed by atoms with Crippen molar-refractivity contribution in [2.75, 3.05) is 24.3 Å². The number of halogens is 1. The van der Waals surface area contributed by atoms with E-state index in [1.54, 1.807) is 32.3 Å². The van der Waals surface area contributed by atoms with Gasteiger partial charge in [-0.25, -0.2) is 9.78 Å². The summed E-state index contributed by atoms with van der Waals surface area (Å²) in [5, 5.41) is 6.10. The van der Waals surface area contributed by atoms with E-state index in [2.05, 4.69) is 36.5 Å². The number of benzene rings is 1. The van der Waals surface area contributed by atoms with E-state index in [4.69, 9.17) is 4.74 Å². The zero-order valence-corrected chi connectivity index (χ0v) is 14.0. The topological polar surface area (TPSA) is 76.1 Å². The number of esters is 1. The van der Waals surface area contributed by atoms with Gasteiger partial charge in [0.05, 0.1) is 16.6 Å². The second kappa shape index (κ2) is 7.74. The Bertz CT molecular complexity index is 664. The molecule has 116 valence electrons. The number of ether oxygens (including phenoxy) is 1. The summed E-state index contributed by atoms with van der Waals surface area (Å²) in [7, 11) is 1.79. The van der Waals surface area contributed by atoms with Gasteiger partial charge in [-0.05, 0) is 40.5 Å². The van der Waals surface area contributed by atoms with Gasteiger partial charge in [-0.2, -0.15) is 4.98 Å². The number of nitrogens with zero attached hydrogens (tertiary/aromatic N) is 2. The van der Waals surface area contributed by atoms with Crippen LogP contribution in [0, 0.1) is 0 Å². The summed E-state index contributed by atoms with van der Waals surface area (Å²) in [5.41, 5.74) is 1.48. The molecule has 0 spiro atoms. The Labute approximate surface area is 137 Å². The zero-order valence-electron chi connectivity index (χ0n) is 12.4. The number of nitrogens with one attached hydrogen (secondary N) is 2. The molecule has 0 aliphatic rings. The predicted octanol–water partition coefficient (Wildman–Crippen LogP) is 3.07. The van der Waals surface area contributed by atoms with Gasteiger partial charge in [0.2, 0.25) is 5.95 Å². The molecule has 1 aromatic carbocycles. The van der Waals surface area contributed by atoms with Crippen LogP contribution in [0.1, 0.15) is 22.8 Å². The van der Waals surface area contributed by atoms with Gasteiger partial charge in [0.1, 0.15) is 5.82 Å².